The second-order valence-corrected chi connectivity index (χ2v) is 6.21. The van der Waals surface area contributed by atoms with Crippen molar-refractivity contribution in [3.63, 3.8) is 0 Å². The maximum Gasteiger partial charge on any atom is 0.223 e. The lowest BCUT2D eigenvalue weighted by atomic mass is 10.2. The highest BCUT2D eigenvalue weighted by atomic mass is 32.2. The van der Waals surface area contributed by atoms with Crippen LogP contribution in [0.25, 0.3) is 0 Å². The van der Waals surface area contributed by atoms with Gasteiger partial charge in [0.05, 0.1) is 12.6 Å². The molecule has 2 atom stereocenters. The lowest BCUT2D eigenvalue weighted by molar-refractivity contribution is -0.129. The standard InChI is InChI=1S/C14H21FN4OS/c1-18(14(20)4-6-21-2)9-12-7-11(15)8-19(12)13-3-5-16-10-17-13/h3,5,10-12H,4,6-9H2,1-2H3/t11-,12-/m0/s1. The number of carbonyl (C=O) groups excluding carboxylic acids is 1. The Kier molecular flexibility index (Phi) is 5.78. The average Bonchev–Trinajstić information content (AvgIpc) is 2.86. The minimum absolute atomic E-state index is 0.0295. The molecule has 5 nitrogen and oxygen atoms in total. The number of amides is 1. The van der Waals surface area contributed by atoms with Crippen molar-refractivity contribution in [1.82, 2.24) is 14.9 Å². The van der Waals surface area contributed by atoms with Crippen molar-refractivity contribution < 1.29 is 9.18 Å². The van der Waals surface area contributed by atoms with Gasteiger partial charge in [-0.2, -0.15) is 11.8 Å². The fourth-order valence-corrected chi connectivity index (χ4v) is 2.94. The number of nitrogens with zero attached hydrogens (tertiary/aromatic N) is 4. The Hall–Kier alpha value is -1.37. The minimum Gasteiger partial charge on any atom is -0.349 e. The summed E-state index contributed by atoms with van der Waals surface area (Å²) in [6, 6.07) is 1.75. The molecule has 0 aromatic carbocycles. The molecule has 0 unspecified atom stereocenters. The van der Waals surface area contributed by atoms with Crippen LogP contribution in [0.1, 0.15) is 12.8 Å². The van der Waals surface area contributed by atoms with E-state index >= 15 is 0 Å². The van der Waals surface area contributed by atoms with E-state index < -0.39 is 6.17 Å². The van der Waals surface area contributed by atoms with Gasteiger partial charge in [0.2, 0.25) is 5.91 Å². The number of likely N-dealkylation sites (N-methyl/N-ethyl adjacent to an activating group) is 1. The van der Waals surface area contributed by atoms with Gasteiger partial charge in [-0.25, -0.2) is 14.4 Å². The van der Waals surface area contributed by atoms with Crippen molar-refractivity contribution in [2.75, 3.05) is 37.0 Å². The van der Waals surface area contributed by atoms with Crippen molar-refractivity contribution in [3.05, 3.63) is 18.6 Å². The van der Waals surface area contributed by atoms with Crippen LogP contribution in [0, 0.1) is 0 Å². The molecule has 0 saturated carbocycles. The largest absolute Gasteiger partial charge is 0.349 e. The third-order valence-corrected chi connectivity index (χ3v) is 4.27. The molecule has 1 fully saturated rings. The number of aromatic nitrogens is 2. The number of anilines is 1. The predicted octanol–water partition coefficient (Wildman–Crippen LogP) is 1.60. The second-order valence-electron chi connectivity index (χ2n) is 5.22. The lowest BCUT2D eigenvalue weighted by Crippen LogP contribution is -2.41. The Balaban J connectivity index is 1.99. The molecule has 2 rings (SSSR count). The van der Waals surface area contributed by atoms with Crippen LogP contribution >= 0.6 is 11.8 Å². The highest BCUT2D eigenvalue weighted by Crippen LogP contribution is 2.25. The van der Waals surface area contributed by atoms with E-state index in [0.717, 1.165) is 11.6 Å². The first kappa shape index (κ1) is 16.0. The first-order valence-corrected chi connectivity index (χ1v) is 8.40. The molecule has 1 amide bonds. The van der Waals surface area contributed by atoms with Gasteiger partial charge in [0.25, 0.3) is 0 Å². The van der Waals surface area contributed by atoms with E-state index in [4.69, 9.17) is 0 Å². The Morgan fingerprint density at radius 1 is 1.62 bits per heavy atom. The molecule has 2 heterocycles. The van der Waals surface area contributed by atoms with Crippen molar-refractivity contribution >= 4 is 23.5 Å². The molecule has 1 saturated heterocycles. The first-order chi connectivity index (χ1) is 10.1. The quantitative estimate of drug-likeness (QED) is 0.798. The summed E-state index contributed by atoms with van der Waals surface area (Å²) in [4.78, 5) is 23.7. The number of halogens is 1. The van der Waals surface area contributed by atoms with Gasteiger partial charge in [0.15, 0.2) is 0 Å². The molecule has 21 heavy (non-hydrogen) atoms. The number of rotatable bonds is 6. The molecule has 0 N–H and O–H groups in total. The minimum atomic E-state index is -0.875. The van der Waals surface area contributed by atoms with Gasteiger partial charge < -0.3 is 9.80 Å². The molecule has 0 bridgehead atoms. The van der Waals surface area contributed by atoms with Crippen LogP contribution in [0.4, 0.5) is 10.2 Å². The molecule has 1 aromatic heterocycles. The van der Waals surface area contributed by atoms with E-state index in [0.29, 0.717) is 25.9 Å². The van der Waals surface area contributed by atoms with Gasteiger partial charge in [-0.15, -0.1) is 0 Å². The normalized spacial score (nSPS) is 21.6. The van der Waals surface area contributed by atoms with Gasteiger partial charge in [-0.1, -0.05) is 0 Å². The van der Waals surface area contributed by atoms with Crippen molar-refractivity contribution in [2.24, 2.45) is 0 Å². The van der Waals surface area contributed by atoms with Crippen molar-refractivity contribution in [1.29, 1.82) is 0 Å². The van der Waals surface area contributed by atoms with Crippen LogP contribution in [-0.4, -0.2) is 65.1 Å². The fourth-order valence-electron chi connectivity index (χ4n) is 2.56. The average molecular weight is 312 g/mol. The smallest absolute Gasteiger partial charge is 0.223 e. The summed E-state index contributed by atoms with van der Waals surface area (Å²) in [5.74, 6) is 1.64. The number of thioether (sulfide) groups is 1. The Bertz CT molecular complexity index is 462. The fraction of sp³-hybridized carbons (Fsp3) is 0.643. The summed E-state index contributed by atoms with van der Waals surface area (Å²) in [6.07, 6.45) is 5.18. The Labute approximate surface area is 128 Å². The van der Waals surface area contributed by atoms with E-state index in [1.807, 2.05) is 11.2 Å². The topological polar surface area (TPSA) is 49.3 Å². The van der Waals surface area contributed by atoms with Crippen LogP contribution < -0.4 is 4.90 Å². The van der Waals surface area contributed by atoms with Crippen molar-refractivity contribution in [3.8, 4) is 0 Å². The number of alkyl halides is 1. The van der Waals surface area contributed by atoms with E-state index in [9.17, 15) is 9.18 Å². The van der Waals surface area contributed by atoms with Gasteiger partial charge in [-0.05, 0) is 12.3 Å². The zero-order chi connectivity index (χ0) is 15.2. The Morgan fingerprint density at radius 2 is 2.43 bits per heavy atom. The third kappa shape index (κ3) is 4.30. The van der Waals surface area contributed by atoms with Gasteiger partial charge in [0.1, 0.15) is 18.3 Å². The molecule has 1 aromatic rings. The van der Waals surface area contributed by atoms with Crippen LogP contribution in [0.5, 0.6) is 0 Å². The molecule has 0 aliphatic carbocycles. The lowest BCUT2D eigenvalue weighted by Gasteiger charge is -2.29. The summed E-state index contributed by atoms with van der Waals surface area (Å²) in [5, 5.41) is 0. The Morgan fingerprint density at radius 3 is 3.10 bits per heavy atom. The van der Waals surface area contributed by atoms with Gasteiger partial charge in [-0.3, -0.25) is 4.79 Å². The van der Waals surface area contributed by atoms with Crippen molar-refractivity contribution in [2.45, 2.75) is 25.1 Å². The molecule has 116 valence electrons. The van der Waals surface area contributed by atoms with E-state index in [1.54, 1.807) is 36.0 Å². The van der Waals surface area contributed by atoms with Gasteiger partial charge in [0, 0.05) is 38.4 Å². The zero-order valence-corrected chi connectivity index (χ0v) is 13.2. The molecule has 0 radical (unpaired) electrons. The number of carbonyl (C=O) groups is 1. The van der Waals surface area contributed by atoms with Crippen LogP contribution in [-0.2, 0) is 4.79 Å². The maximum absolute atomic E-state index is 13.8. The van der Waals surface area contributed by atoms with E-state index in [-0.39, 0.29) is 11.9 Å². The summed E-state index contributed by atoms with van der Waals surface area (Å²) in [6.45, 7) is 0.853. The maximum atomic E-state index is 13.8. The summed E-state index contributed by atoms with van der Waals surface area (Å²) < 4.78 is 13.8. The number of hydrogen-bond acceptors (Lipinski definition) is 5. The van der Waals surface area contributed by atoms with Crippen LogP contribution in [0.3, 0.4) is 0 Å². The first-order valence-electron chi connectivity index (χ1n) is 7.01. The molecular formula is C14H21FN4OS. The zero-order valence-electron chi connectivity index (χ0n) is 12.4. The number of hydrogen-bond donors (Lipinski definition) is 0. The summed E-state index contributed by atoms with van der Waals surface area (Å²) in [5.41, 5.74) is 0. The molecule has 1 aliphatic heterocycles. The molecule has 7 heteroatoms. The second kappa shape index (κ2) is 7.59. The SMILES string of the molecule is CSCCC(=O)N(C)C[C@@H]1C[C@H](F)CN1c1ccncn1. The predicted molar refractivity (Wildman–Crippen MR) is 83.3 cm³/mol. The molecular weight excluding hydrogens is 291 g/mol. The van der Waals surface area contributed by atoms with Crippen LogP contribution in [0.2, 0.25) is 0 Å². The monoisotopic (exact) mass is 312 g/mol. The third-order valence-electron chi connectivity index (χ3n) is 3.65. The molecule has 1 aliphatic rings. The molecule has 0 spiro atoms. The van der Waals surface area contributed by atoms with E-state index in [1.165, 1.54) is 6.33 Å². The van der Waals surface area contributed by atoms with E-state index in [2.05, 4.69) is 9.97 Å². The summed E-state index contributed by atoms with van der Waals surface area (Å²) in [7, 11) is 1.78. The van der Waals surface area contributed by atoms with Crippen LogP contribution in [0.15, 0.2) is 18.6 Å². The highest BCUT2D eigenvalue weighted by molar-refractivity contribution is 7.98. The summed E-state index contributed by atoms with van der Waals surface area (Å²) >= 11 is 1.65. The highest BCUT2D eigenvalue weighted by Gasteiger charge is 2.34. The van der Waals surface area contributed by atoms with Gasteiger partial charge >= 0.3 is 0 Å².